The molecule has 0 aliphatic carbocycles. The van der Waals surface area contributed by atoms with Gasteiger partial charge in [0.25, 0.3) is 5.91 Å². The number of nitriles is 1. The first-order valence-corrected chi connectivity index (χ1v) is 6.92. The molecule has 1 amide bonds. The third-order valence-corrected chi connectivity index (χ3v) is 3.30. The van der Waals surface area contributed by atoms with Crippen LogP contribution in [-0.4, -0.2) is 5.91 Å². The second-order valence-corrected chi connectivity index (χ2v) is 5.38. The summed E-state index contributed by atoms with van der Waals surface area (Å²) in [6, 6.07) is 16.1. The number of hydrogen-bond donors (Lipinski definition) is 1. The first-order valence-electron chi connectivity index (χ1n) is 6.13. The third kappa shape index (κ3) is 3.46. The fourth-order valence-electron chi connectivity index (χ4n) is 1.92. The number of aryl methyl sites for hydroxylation is 1. The summed E-state index contributed by atoms with van der Waals surface area (Å²) in [6.07, 6.45) is 0. The summed E-state index contributed by atoms with van der Waals surface area (Å²) in [4.78, 5) is 12.2. The molecule has 0 radical (unpaired) electrons. The normalized spacial score (nSPS) is 11.4. The van der Waals surface area contributed by atoms with E-state index in [1.165, 1.54) is 0 Å². The van der Waals surface area contributed by atoms with Crippen LogP contribution >= 0.6 is 15.9 Å². The highest BCUT2D eigenvalue weighted by Crippen LogP contribution is 2.17. The maximum atomic E-state index is 12.2. The van der Waals surface area contributed by atoms with Gasteiger partial charge >= 0.3 is 0 Å². The van der Waals surface area contributed by atoms with Crippen molar-refractivity contribution in [3.8, 4) is 6.07 Å². The van der Waals surface area contributed by atoms with Gasteiger partial charge in [0.15, 0.2) is 0 Å². The molecular weight excluding hydrogens is 316 g/mol. The molecule has 2 aromatic rings. The van der Waals surface area contributed by atoms with Gasteiger partial charge in [0, 0.05) is 10.0 Å². The van der Waals surface area contributed by atoms with Crippen LogP contribution < -0.4 is 5.32 Å². The third-order valence-electron chi connectivity index (χ3n) is 2.84. The molecule has 20 heavy (non-hydrogen) atoms. The number of halogens is 1. The molecule has 100 valence electrons. The molecule has 1 N–H and O–H groups in total. The number of carbonyl (C=O) groups excluding carboxylic acids is 1. The Bertz CT molecular complexity index is 642. The molecule has 0 bridgehead atoms. The van der Waals surface area contributed by atoms with Gasteiger partial charge in [-0.05, 0) is 36.2 Å². The van der Waals surface area contributed by atoms with Gasteiger partial charge < -0.3 is 5.32 Å². The molecule has 1 unspecified atom stereocenters. The van der Waals surface area contributed by atoms with E-state index in [9.17, 15) is 10.1 Å². The van der Waals surface area contributed by atoms with Crippen LogP contribution in [0.1, 0.15) is 27.5 Å². The van der Waals surface area contributed by atoms with E-state index >= 15 is 0 Å². The highest BCUT2D eigenvalue weighted by Gasteiger charge is 2.15. The molecule has 0 saturated carbocycles. The highest BCUT2D eigenvalue weighted by atomic mass is 79.9. The zero-order valence-electron chi connectivity index (χ0n) is 10.9. The van der Waals surface area contributed by atoms with Gasteiger partial charge in [-0.1, -0.05) is 46.3 Å². The molecule has 3 nitrogen and oxygen atoms in total. The minimum Gasteiger partial charge on any atom is -0.332 e. The number of benzene rings is 2. The number of carbonyl (C=O) groups is 1. The lowest BCUT2D eigenvalue weighted by molar-refractivity contribution is 0.0945. The van der Waals surface area contributed by atoms with Gasteiger partial charge in [0.2, 0.25) is 0 Å². The van der Waals surface area contributed by atoms with Crippen molar-refractivity contribution in [2.24, 2.45) is 0 Å². The zero-order valence-corrected chi connectivity index (χ0v) is 12.5. The van der Waals surface area contributed by atoms with E-state index in [2.05, 4.69) is 27.3 Å². The molecule has 2 rings (SSSR count). The highest BCUT2D eigenvalue weighted by molar-refractivity contribution is 9.10. The Morgan fingerprint density at radius 2 is 1.95 bits per heavy atom. The van der Waals surface area contributed by atoms with Gasteiger partial charge in [-0.25, -0.2) is 0 Å². The summed E-state index contributed by atoms with van der Waals surface area (Å²) in [5.74, 6) is -0.259. The largest absolute Gasteiger partial charge is 0.332 e. The van der Waals surface area contributed by atoms with Crippen LogP contribution in [0.4, 0.5) is 0 Å². The van der Waals surface area contributed by atoms with E-state index in [1.807, 2.05) is 43.3 Å². The second-order valence-electron chi connectivity index (χ2n) is 4.46. The quantitative estimate of drug-likeness (QED) is 0.932. The maximum Gasteiger partial charge on any atom is 0.252 e. The minimum absolute atomic E-state index is 0.259. The van der Waals surface area contributed by atoms with Gasteiger partial charge in [-0.15, -0.1) is 0 Å². The van der Waals surface area contributed by atoms with Crippen LogP contribution in [0.3, 0.4) is 0 Å². The van der Waals surface area contributed by atoms with E-state index in [0.29, 0.717) is 5.56 Å². The molecule has 0 fully saturated rings. The molecule has 0 aromatic heterocycles. The average Bonchev–Trinajstić information content (AvgIpc) is 2.44. The molecule has 4 heteroatoms. The Morgan fingerprint density at radius 1 is 1.25 bits per heavy atom. The number of rotatable bonds is 3. The summed E-state index contributed by atoms with van der Waals surface area (Å²) < 4.78 is 0.843. The van der Waals surface area contributed by atoms with Gasteiger partial charge in [0.05, 0.1) is 6.07 Å². The van der Waals surface area contributed by atoms with Gasteiger partial charge in [0.1, 0.15) is 6.04 Å². The standard InChI is InChI=1S/C16H13BrN2O/c1-11-7-13(9-14(17)8-11)16(20)19-15(10-18)12-5-3-2-4-6-12/h2-9,15H,1H3,(H,19,20). The van der Waals surface area contributed by atoms with Crippen molar-refractivity contribution in [1.82, 2.24) is 5.32 Å². The van der Waals surface area contributed by atoms with Crippen LogP contribution in [0, 0.1) is 18.3 Å². The van der Waals surface area contributed by atoms with Crippen molar-refractivity contribution < 1.29 is 4.79 Å². The topological polar surface area (TPSA) is 52.9 Å². The van der Waals surface area contributed by atoms with Crippen molar-refractivity contribution in [1.29, 1.82) is 5.26 Å². The van der Waals surface area contributed by atoms with Gasteiger partial charge in [-0.3, -0.25) is 4.79 Å². The smallest absolute Gasteiger partial charge is 0.252 e. The molecule has 1 atom stereocenters. The van der Waals surface area contributed by atoms with Gasteiger partial charge in [-0.2, -0.15) is 5.26 Å². The number of nitrogens with one attached hydrogen (secondary N) is 1. The van der Waals surface area contributed by atoms with Crippen LogP contribution in [0.25, 0.3) is 0 Å². The summed E-state index contributed by atoms with van der Waals surface area (Å²) in [5, 5.41) is 11.9. The molecular formula is C16H13BrN2O. The predicted octanol–water partition coefficient (Wildman–Crippen LogP) is 3.75. The van der Waals surface area contributed by atoms with Crippen LogP contribution in [-0.2, 0) is 0 Å². The first kappa shape index (κ1) is 14.3. The van der Waals surface area contributed by atoms with Crippen molar-refractivity contribution in [3.05, 3.63) is 69.7 Å². The Hall–Kier alpha value is -2.12. The minimum atomic E-state index is -0.650. The SMILES string of the molecule is Cc1cc(Br)cc(C(=O)NC(C#N)c2ccccc2)c1. The molecule has 0 saturated heterocycles. The summed E-state index contributed by atoms with van der Waals surface area (Å²) in [6.45, 7) is 1.92. The maximum absolute atomic E-state index is 12.2. The van der Waals surface area contributed by atoms with E-state index in [1.54, 1.807) is 12.1 Å². The predicted molar refractivity (Wildman–Crippen MR) is 81.1 cm³/mol. The number of hydrogen-bond acceptors (Lipinski definition) is 2. The van der Waals surface area contributed by atoms with Crippen LogP contribution in [0.15, 0.2) is 53.0 Å². The lowest BCUT2D eigenvalue weighted by Crippen LogP contribution is -2.27. The lowest BCUT2D eigenvalue weighted by Gasteiger charge is -2.12. The Morgan fingerprint density at radius 3 is 2.55 bits per heavy atom. The first-order chi connectivity index (χ1) is 9.60. The molecule has 0 aliphatic heterocycles. The zero-order chi connectivity index (χ0) is 14.5. The summed E-state index contributed by atoms with van der Waals surface area (Å²) in [5.41, 5.74) is 2.29. The van der Waals surface area contributed by atoms with E-state index in [4.69, 9.17) is 0 Å². The molecule has 0 spiro atoms. The van der Waals surface area contributed by atoms with Crippen molar-refractivity contribution in [2.45, 2.75) is 13.0 Å². The fraction of sp³-hybridized carbons (Fsp3) is 0.125. The Balaban J connectivity index is 2.20. The average molecular weight is 329 g/mol. The Labute approximate surface area is 126 Å². The van der Waals surface area contributed by atoms with E-state index < -0.39 is 6.04 Å². The number of amides is 1. The summed E-state index contributed by atoms with van der Waals surface area (Å²) in [7, 11) is 0. The van der Waals surface area contributed by atoms with Crippen LogP contribution in [0.2, 0.25) is 0 Å². The molecule has 0 heterocycles. The summed E-state index contributed by atoms with van der Waals surface area (Å²) >= 11 is 3.36. The van der Waals surface area contributed by atoms with E-state index in [0.717, 1.165) is 15.6 Å². The Kier molecular flexibility index (Phi) is 4.54. The van der Waals surface area contributed by atoms with Crippen LogP contribution in [0.5, 0.6) is 0 Å². The fourth-order valence-corrected chi connectivity index (χ4v) is 2.53. The van der Waals surface area contributed by atoms with Crippen molar-refractivity contribution >= 4 is 21.8 Å². The lowest BCUT2D eigenvalue weighted by atomic mass is 10.1. The second kappa shape index (κ2) is 6.36. The number of nitrogens with zero attached hydrogens (tertiary/aromatic N) is 1. The van der Waals surface area contributed by atoms with E-state index in [-0.39, 0.29) is 5.91 Å². The molecule has 2 aromatic carbocycles. The van der Waals surface area contributed by atoms with Crippen molar-refractivity contribution in [2.75, 3.05) is 0 Å². The molecule has 0 aliphatic rings. The monoisotopic (exact) mass is 328 g/mol. The van der Waals surface area contributed by atoms with Crippen molar-refractivity contribution in [3.63, 3.8) is 0 Å².